The molecular formula is C18H17ClN4O4. The molecule has 0 saturated carbocycles. The molecule has 0 saturated heterocycles. The number of alkyl halides is 1. The Hall–Kier alpha value is -3.13. The highest BCUT2D eigenvalue weighted by molar-refractivity contribution is 6.18. The molecule has 27 heavy (non-hydrogen) atoms. The van der Waals surface area contributed by atoms with Gasteiger partial charge in [0.05, 0.1) is 24.2 Å². The molecule has 0 aliphatic carbocycles. The van der Waals surface area contributed by atoms with Gasteiger partial charge in [-0.25, -0.2) is 14.6 Å². The number of carbonyl (C=O) groups excluding carboxylic acids is 2. The summed E-state index contributed by atoms with van der Waals surface area (Å²) in [6.07, 6.45) is 0.551. The van der Waals surface area contributed by atoms with Crippen molar-refractivity contribution in [1.82, 2.24) is 14.8 Å². The van der Waals surface area contributed by atoms with Crippen LogP contribution in [0.2, 0.25) is 0 Å². The third kappa shape index (κ3) is 4.17. The summed E-state index contributed by atoms with van der Waals surface area (Å²) in [4.78, 5) is 28.7. The lowest BCUT2D eigenvalue weighted by molar-refractivity contribution is 0.0527. The van der Waals surface area contributed by atoms with Crippen molar-refractivity contribution in [3.8, 4) is 5.82 Å². The van der Waals surface area contributed by atoms with E-state index in [0.29, 0.717) is 5.82 Å². The Morgan fingerprint density at radius 1 is 1.19 bits per heavy atom. The molecule has 0 fully saturated rings. The van der Waals surface area contributed by atoms with E-state index in [1.165, 1.54) is 10.9 Å². The van der Waals surface area contributed by atoms with Crippen molar-refractivity contribution in [2.45, 2.75) is 6.92 Å². The number of ether oxygens (including phenoxy) is 2. The third-order valence-electron chi connectivity index (χ3n) is 3.60. The standard InChI is InChI=1S/C18H17ClN4O4/c1-2-26-17(24)13-11-20-23(16(13)22-18(25)27-10-9-19)15-8-7-12-5-3-4-6-14(12)21-15/h3-8,11H,2,9-10H2,1H3,(H,22,25). The summed E-state index contributed by atoms with van der Waals surface area (Å²) in [7, 11) is 0. The van der Waals surface area contributed by atoms with E-state index in [0.717, 1.165) is 10.9 Å². The van der Waals surface area contributed by atoms with E-state index in [1.807, 2.05) is 30.3 Å². The van der Waals surface area contributed by atoms with E-state index >= 15 is 0 Å². The molecule has 2 aromatic heterocycles. The van der Waals surface area contributed by atoms with Crippen LogP contribution in [-0.2, 0) is 9.47 Å². The highest BCUT2D eigenvalue weighted by Gasteiger charge is 2.22. The summed E-state index contributed by atoms with van der Waals surface area (Å²) in [5, 5.41) is 7.66. The maximum atomic E-state index is 12.2. The fraction of sp³-hybridized carbons (Fsp3) is 0.222. The number of para-hydroxylation sites is 1. The molecule has 0 aliphatic heterocycles. The number of hydrogen-bond acceptors (Lipinski definition) is 6. The number of hydrogen-bond donors (Lipinski definition) is 1. The Morgan fingerprint density at radius 2 is 2.00 bits per heavy atom. The molecule has 9 heteroatoms. The fourth-order valence-corrected chi connectivity index (χ4v) is 2.52. The van der Waals surface area contributed by atoms with Crippen LogP contribution in [0.15, 0.2) is 42.6 Å². The van der Waals surface area contributed by atoms with Gasteiger partial charge in [-0.05, 0) is 25.1 Å². The number of amides is 1. The zero-order valence-electron chi connectivity index (χ0n) is 14.5. The first-order valence-corrected chi connectivity index (χ1v) is 8.78. The van der Waals surface area contributed by atoms with Crippen LogP contribution in [-0.4, -0.2) is 45.9 Å². The Labute approximate surface area is 160 Å². The molecule has 140 valence electrons. The molecule has 0 atom stereocenters. The third-order valence-corrected chi connectivity index (χ3v) is 3.75. The smallest absolute Gasteiger partial charge is 0.412 e. The molecule has 2 heterocycles. The maximum Gasteiger partial charge on any atom is 0.412 e. The van der Waals surface area contributed by atoms with E-state index in [1.54, 1.807) is 13.0 Å². The van der Waals surface area contributed by atoms with Crippen LogP contribution in [0.3, 0.4) is 0 Å². The van der Waals surface area contributed by atoms with Crippen LogP contribution in [0.25, 0.3) is 16.7 Å². The van der Waals surface area contributed by atoms with Crippen LogP contribution >= 0.6 is 11.6 Å². The number of anilines is 1. The number of esters is 1. The zero-order valence-corrected chi connectivity index (χ0v) is 15.3. The number of fused-ring (bicyclic) bond motifs is 1. The first kappa shape index (κ1) is 18.7. The molecule has 3 aromatic rings. The topological polar surface area (TPSA) is 95.3 Å². The SMILES string of the molecule is CCOC(=O)c1cnn(-c2ccc3ccccc3n2)c1NC(=O)OCCCl. The van der Waals surface area contributed by atoms with Crippen molar-refractivity contribution in [1.29, 1.82) is 0 Å². The summed E-state index contributed by atoms with van der Waals surface area (Å²) in [5.74, 6) is 0.0776. The van der Waals surface area contributed by atoms with Gasteiger partial charge < -0.3 is 9.47 Å². The Balaban J connectivity index is 2.02. The molecule has 1 aromatic carbocycles. The van der Waals surface area contributed by atoms with E-state index in [9.17, 15) is 9.59 Å². The number of nitrogens with one attached hydrogen (secondary N) is 1. The lowest BCUT2D eigenvalue weighted by atomic mass is 10.2. The summed E-state index contributed by atoms with van der Waals surface area (Å²) in [5.41, 5.74) is 0.841. The Kier molecular flexibility index (Phi) is 5.87. The van der Waals surface area contributed by atoms with Crippen LogP contribution in [0.5, 0.6) is 0 Å². The number of benzene rings is 1. The van der Waals surface area contributed by atoms with Crippen molar-refractivity contribution in [3.63, 3.8) is 0 Å². The first-order valence-electron chi connectivity index (χ1n) is 8.25. The van der Waals surface area contributed by atoms with Gasteiger partial charge in [-0.3, -0.25) is 5.32 Å². The number of nitrogens with zero attached hydrogens (tertiary/aromatic N) is 3. The molecule has 0 aliphatic rings. The predicted octanol–water partition coefficient (Wildman–Crippen LogP) is 3.38. The second kappa shape index (κ2) is 8.50. The van der Waals surface area contributed by atoms with E-state index in [4.69, 9.17) is 21.1 Å². The maximum absolute atomic E-state index is 12.2. The minimum atomic E-state index is -0.760. The van der Waals surface area contributed by atoms with Crippen LogP contribution < -0.4 is 5.32 Å². The predicted molar refractivity (Wildman–Crippen MR) is 101 cm³/mol. The van der Waals surface area contributed by atoms with Crippen molar-refractivity contribution in [2.24, 2.45) is 0 Å². The van der Waals surface area contributed by atoms with Crippen molar-refractivity contribution >= 4 is 40.4 Å². The van der Waals surface area contributed by atoms with Crippen LogP contribution in [0.1, 0.15) is 17.3 Å². The average Bonchev–Trinajstić information content (AvgIpc) is 3.09. The van der Waals surface area contributed by atoms with Gasteiger partial charge in [0.25, 0.3) is 0 Å². The highest BCUT2D eigenvalue weighted by atomic mass is 35.5. The largest absolute Gasteiger partial charge is 0.462 e. The number of halogens is 1. The summed E-state index contributed by atoms with van der Waals surface area (Å²) in [6, 6.07) is 11.2. The summed E-state index contributed by atoms with van der Waals surface area (Å²) in [6.45, 7) is 1.91. The molecular weight excluding hydrogens is 372 g/mol. The normalized spacial score (nSPS) is 10.6. The molecule has 0 spiro atoms. The minimum absolute atomic E-state index is 0.0322. The molecule has 1 N–H and O–H groups in total. The van der Waals surface area contributed by atoms with E-state index in [-0.39, 0.29) is 30.5 Å². The quantitative estimate of drug-likeness (QED) is 0.513. The van der Waals surface area contributed by atoms with Gasteiger partial charge in [0.1, 0.15) is 12.2 Å². The van der Waals surface area contributed by atoms with Gasteiger partial charge in [-0.2, -0.15) is 9.78 Å². The molecule has 0 bridgehead atoms. The van der Waals surface area contributed by atoms with Gasteiger partial charge in [0.2, 0.25) is 0 Å². The van der Waals surface area contributed by atoms with Crippen LogP contribution in [0.4, 0.5) is 10.6 Å². The molecule has 3 rings (SSSR count). The number of aromatic nitrogens is 3. The summed E-state index contributed by atoms with van der Waals surface area (Å²) < 4.78 is 11.3. The molecule has 0 radical (unpaired) electrons. The fourth-order valence-electron chi connectivity index (χ4n) is 2.44. The van der Waals surface area contributed by atoms with Crippen molar-refractivity contribution in [3.05, 3.63) is 48.2 Å². The van der Waals surface area contributed by atoms with Crippen LogP contribution in [0, 0.1) is 0 Å². The van der Waals surface area contributed by atoms with Crippen molar-refractivity contribution < 1.29 is 19.1 Å². The second-order valence-corrected chi connectivity index (χ2v) is 5.73. The van der Waals surface area contributed by atoms with Crippen molar-refractivity contribution in [2.75, 3.05) is 24.4 Å². The molecule has 8 nitrogen and oxygen atoms in total. The minimum Gasteiger partial charge on any atom is -0.462 e. The van der Waals surface area contributed by atoms with Gasteiger partial charge in [-0.15, -0.1) is 11.6 Å². The van der Waals surface area contributed by atoms with E-state index < -0.39 is 12.1 Å². The number of carbonyl (C=O) groups is 2. The van der Waals surface area contributed by atoms with Gasteiger partial charge >= 0.3 is 12.1 Å². The second-order valence-electron chi connectivity index (χ2n) is 5.35. The first-order chi connectivity index (χ1) is 13.1. The number of rotatable bonds is 6. The summed E-state index contributed by atoms with van der Waals surface area (Å²) >= 11 is 5.53. The van der Waals surface area contributed by atoms with Gasteiger partial charge in [-0.1, -0.05) is 18.2 Å². The van der Waals surface area contributed by atoms with E-state index in [2.05, 4.69) is 15.4 Å². The Bertz CT molecular complexity index is 973. The monoisotopic (exact) mass is 388 g/mol. The molecule has 0 unspecified atom stereocenters. The zero-order chi connectivity index (χ0) is 19.2. The molecule has 1 amide bonds. The van der Waals surface area contributed by atoms with Gasteiger partial charge in [0.15, 0.2) is 11.6 Å². The lowest BCUT2D eigenvalue weighted by Crippen LogP contribution is -2.20. The number of pyridine rings is 1. The van der Waals surface area contributed by atoms with Gasteiger partial charge in [0, 0.05) is 5.39 Å². The average molecular weight is 389 g/mol. The highest BCUT2D eigenvalue weighted by Crippen LogP contribution is 2.22. The Morgan fingerprint density at radius 3 is 2.78 bits per heavy atom. The lowest BCUT2D eigenvalue weighted by Gasteiger charge is -2.11.